The summed E-state index contributed by atoms with van der Waals surface area (Å²) in [6, 6.07) is 2.07. The molecule has 39 heavy (non-hydrogen) atoms. The normalized spacial score (nSPS) is 32.4. The molecule has 8 nitrogen and oxygen atoms in total. The first kappa shape index (κ1) is 27.6. The van der Waals surface area contributed by atoms with Crippen LogP contribution in [0.15, 0.2) is 12.1 Å². The second-order valence-corrected chi connectivity index (χ2v) is 12.4. The van der Waals surface area contributed by atoms with E-state index in [4.69, 9.17) is 9.47 Å². The lowest BCUT2D eigenvalue weighted by molar-refractivity contribution is -0.150. The third-order valence-electron chi connectivity index (χ3n) is 9.74. The topological polar surface area (TPSA) is 114 Å². The quantitative estimate of drug-likeness (QED) is 0.403. The van der Waals surface area contributed by atoms with Gasteiger partial charge in [0.2, 0.25) is 5.91 Å². The Bertz CT molecular complexity index is 1130. The van der Waals surface area contributed by atoms with Crippen LogP contribution in [-0.4, -0.2) is 55.4 Å². The van der Waals surface area contributed by atoms with Gasteiger partial charge in [0.1, 0.15) is 5.75 Å². The largest absolute Gasteiger partial charge is 0.496 e. The molecule has 2 amide bonds. The van der Waals surface area contributed by atoms with Crippen molar-refractivity contribution in [3.05, 3.63) is 23.5 Å². The minimum Gasteiger partial charge on any atom is -0.496 e. The molecule has 0 heterocycles. The van der Waals surface area contributed by atoms with Gasteiger partial charge in [-0.1, -0.05) is 0 Å². The minimum atomic E-state index is -0.849. The highest BCUT2D eigenvalue weighted by molar-refractivity contribution is 5.98. The third-order valence-corrected chi connectivity index (χ3v) is 9.74. The van der Waals surface area contributed by atoms with Crippen LogP contribution in [0.5, 0.6) is 11.5 Å². The standard InChI is InChI=1S/C29H38F2N2O6/c1-28(27(36)37)7-5-18(6-8-28)39-22-12-19(21(38-2)13-20(22)31)25(34)33-24-17-4-3-16(11-17)23(24)26(35)32-15-29(14-30)9-10-29/h12-13,16-18,23-24H,3-11,14-15H2,1-2H3,(H,32,35)(H,33,34)(H,36,37). The molecule has 10 heteroatoms. The number of carboxylic acids is 1. The van der Waals surface area contributed by atoms with Gasteiger partial charge in [-0.05, 0) is 82.6 Å². The molecule has 5 rings (SSSR count). The molecule has 0 radical (unpaired) electrons. The van der Waals surface area contributed by atoms with Crippen LogP contribution < -0.4 is 20.1 Å². The number of carbonyl (C=O) groups is 3. The number of aliphatic carboxylic acids is 1. The molecule has 2 bridgehead atoms. The van der Waals surface area contributed by atoms with Crippen LogP contribution in [0.25, 0.3) is 0 Å². The molecule has 4 saturated carbocycles. The number of benzene rings is 1. The number of fused-ring (bicyclic) bond motifs is 2. The van der Waals surface area contributed by atoms with Crippen LogP contribution in [0, 0.1) is 34.4 Å². The number of nitrogens with one attached hydrogen (secondary N) is 2. The van der Waals surface area contributed by atoms with E-state index >= 15 is 0 Å². The van der Waals surface area contributed by atoms with E-state index in [1.165, 1.54) is 13.2 Å². The molecular formula is C29H38F2N2O6. The maximum absolute atomic E-state index is 14.9. The van der Waals surface area contributed by atoms with E-state index in [0.29, 0.717) is 32.2 Å². The van der Waals surface area contributed by atoms with Gasteiger partial charge in [-0.25, -0.2) is 4.39 Å². The summed E-state index contributed by atoms with van der Waals surface area (Å²) in [4.78, 5) is 38.2. The van der Waals surface area contributed by atoms with Gasteiger partial charge in [-0.3, -0.25) is 18.8 Å². The number of methoxy groups -OCH3 is 1. The van der Waals surface area contributed by atoms with E-state index in [0.717, 1.165) is 38.2 Å². The van der Waals surface area contributed by atoms with E-state index < -0.39 is 41.1 Å². The zero-order chi connectivity index (χ0) is 27.9. The lowest BCUT2D eigenvalue weighted by Crippen LogP contribution is -2.50. The number of hydrogen-bond donors (Lipinski definition) is 3. The number of alkyl halides is 1. The number of carboxylic acid groups (broad SMARTS) is 1. The molecule has 3 N–H and O–H groups in total. The van der Waals surface area contributed by atoms with Crippen molar-refractivity contribution in [1.29, 1.82) is 0 Å². The lowest BCUT2D eigenvalue weighted by Gasteiger charge is -2.34. The van der Waals surface area contributed by atoms with Crippen LogP contribution in [0.1, 0.15) is 75.1 Å². The summed E-state index contributed by atoms with van der Waals surface area (Å²) in [5.74, 6) is -2.24. The molecule has 1 aromatic carbocycles. The number of carbonyl (C=O) groups excluding carboxylic acids is 2. The molecule has 0 spiro atoms. The van der Waals surface area contributed by atoms with E-state index in [1.807, 2.05) is 0 Å². The Morgan fingerprint density at radius 3 is 2.36 bits per heavy atom. The van der Waals surface area contributed by atoms with Gasteiger partial charge >= 0.3 is 5.97 Å². The molecule has 4 atom stereocenters. The SMILES string of the molecule is COc1cc(F)c(OC2CCC(C)(C(=O)O)CC2)cc1C(=O)NC1C2CCC(C2)C1C(=O)NCC1(CF)CC1. The smallest absolute Gasteiger partial charge is 0.309 e. The third kappa shape index (κ3) is 5.43. The van der Waals surface area contributed by atoms with Gasteiger partial charge in [-0.2, -0.15) is 0 Å². The van der Waals surface area contributed by atoms with Crippen LogP contribution in [0.4, 0.5) is 8.78 Å². The van der Waals surface area contributed by atoms with Gasteiger partial charge in [0, 0.05) is 24.1 Å². The summed E-state index contributed by atoms with van der Waals surface area (Å²) >= 11 is 0. The predicted octanol–water partition coefficient (Wildman–Crippen LogP) is 4.26. The van der Waals surface area contributed by atoms with Crippen molar-refractivity contribution in [2.75, 3.05) is 20.3 Å². The van der Waals surface area contributed by atoms with Crippen molar-refractivity contribution in [2.45, 2.75) is 76.9 Å². The zero-order valence-corrected chi connectivity index (χ0v) is 22.6. The van der Waals surface area contributed by atoms with Gasteiger partial charge in [0.15, 0.2) is 11.6 Å². The summed E-state index contributed by atoms with van der Waals surface area (Å²) in [5.41, 5.74) is -1.14. The number of amides is 2. The fourth-order valence-electron chi connectivity index (χ4n) is 6.74. The predicted molar refractivity (Wildman–Crippen MR) is 138 cm³/mol. The summed E-state index contributed by atoms with van der Waals surface area (Å²) < 4.78 is 39.4. The van der Waals surface area contributed by atoms with Crippen LogP contribution in [0.2, 0.25) is 0 Å². The fourth-order valence-corrected chi connectivity index (χ4v) is 6.74. The molecule has 0 aromatic heterocycles. The summed E-state index contributed by atoms with van der Waals surface area (Å²) in [7, 11) is 1.35. The van der Waals surface area contributed by atoms with Gasteiger partial charge < -0.3 is 25.2 Å². The van der Waals surface area contributed by atoms with E-state index in [-0.39, 0.29) is 47.0 Å². The summed E-state index contributed by atoms with van der Waals surface area (Å²) in [5, 5.41) is 15.4. The Hall–Kier alpha value is -2.91. The molecule has 4 unspecified atom stereocenters. The Kier molecular flexibility index (Phi) is 7.50. The highest BCUT2D eigenvalue weighted by Crippen LogP contribution is 2.50. The number of rotatable bonds is 10. The minimum absolute atomic E-state index is 0.0576. The molecule has 4 fully saturated rings. The second kappa shape index (κ2) is 10.6. The van der Waals surface area contributed by atoms with Crippen molar-refractivity contribution in [2.24, 2.45) is 28.6 Å². The van der Waals surface area contributed by atoms with Crippen molar-refractivity contribution in [3.8, 4) is 11.5 Å². The molecule has 4 aliphatic carbocycles. The average molecular weight is 549 g/mol. The van der Waals surface area contributed by atoms with Crippen molar-refractivity contribution in [3.63, 3.8) is 0 Å². The molecule has 214 valence electrons. The Morgan fingerprint density at radius 2 is 1.74 bits per heavy atom. The Morgan fingerprint density at radius 1 is 1.05 bits per heavy atom. The maximum Gasteiger partial charge on any atom is 0.309 e. The highest BCUT2D eigenvalue weighted by Gasteiger charge is 2.52. The zero-order valence-electron chi connectivity index (χ0n) is 22.6. The van der Waals surface area contributed by atoms with Crippen LogP contribution >= 0.6 is 0 Å². The number of ether oxygens (including phenoxy) is 2. The monoisotopic (exact) mass is 548 g/mol. The highest BCUT2D eigenvalue weighted by atomic mass is 19.1. The molecular weight excluding hydrogens is 510 g/mol. The molecule has 0 saturated heterocycles. The number of hydrogen-bond acceptors (Lipinski definition) is 5. The molecule has 0 aliphatic heterocycles. The first-order valence-corrected chi connectivity index (χ1v) is 14.0. The van der Waals surface area contributed by atoms with Crippen LogP contribution in [-0.2, 0) is 9.59 Å². The Labute approximate surface area is 227 Å². The maximum atomic E-state index is 14.9. The Balaban J connectivity index is 1.28. The first-order valence-electron chi connectivity index (χ1n) is 14.0. The van der Waals surface area contributed by atoms with E-state index in [9.17, 15) is 28.3 Å². The van der Waals surface area contributed by atoms with Gasteiger partial charge in [-0.15, -0.1) is 0 Å². The molecule has 4 aliphatic rings. The average Bonchev–Trinajstić information content (AvgIpc) is 3.43. The summed E-state index contributed by atoms with van der Waals surface area (Å²) in [6.07, 6.45) is 5.62. The van der Waals surface area contributed by atoms with Crippen molar-refractivity contribution >= 4 is 17.8 Å². The second-order valence-electron chi connectivity index (χ2n) is 12.4. The molecule has 1 aromatic rings. The first-order chi connectivity index (χ1) is 18.6. The van der Waals surface area contributed by atoms with Crippen molar-refractivity contribution < 1.29 is 37.7 Å². The number of halogens is 2. The van der Waals surface area contributed by atoms with E-state index in [2.05, 4.69) is 10.6 Å². The van der Waals surface area contributed by atoms with Gasteiger partial charge in [0.05, 0.1) is 36.8 Å². The summed E-state index contributed by atoms with van der Waals surface area (Å²) in [6.45, 7) is 1.57. The van der Waals surface area contributed by atoms with Crippen molar-refractivity contribution in [1.82, 2.24) is 10.6 Å². The lowest BCUT2D eigenvalue weighted by atomic mass is 9.75. The van der Waals surface area contributed by atoms with Gasteiger partial charge in [0.25, 0.3) is 5.91 Å². The van der Waals surface area contributed by atoms with Crippen LogP contribution in [0.3, 0.4) is 0 Å². The fraction of sp³-hybridized carbons (Fsp3) is 0.690. The van der Waals surface area contributed by atoms with E-state index in [1.54, 1.807) is 6.92 Å².